The van der Waals surface area contributed by atoms with Gasteiger partial charge in [0.2, 0.25) is 0 Å². The van der Waals surface area contributed by atoms with Gasteiger partial charge in [-0.2, -0.15) is 0 Å². The molecule has 0 amide bonds. The van der Waals surface area contributed by atoms with Gasteiger partial charge >= 0.3 is 11.0 Å². The van der Waals surface area contributed by atoms with Crippen molar-refractivity contribution in [2.45, 2.75) is 135 Å². The van der Waals surface area contributed by atoms with Crippen LogP contribution in [0.3, 0.4) is 0 Å². The zero-order valence-corrected chi connectivity index (χ0v) is 29.8. The lowest BCUT2D eigenvalue weighted by Gasteiger charge is -2.43. The highest BCUT2D eigenvalue weighted by Crippen LogP contribution is 2.56. The second-order valence-corrected chi connectivity index (χ2v) is 16.1. The van der Waals surface area contributed by atoms with E-state index in [1.807, 2.05) is 51.4 Å². The predicted octanol–water partition coefficient (Wildman–Crippen LogP) is 7.99. The summed E-state index contributed by atoms with van der Waals surface area (Å²) in [5.74, 6) is 0.0942. The normalized spacial score (nSPS) is 22.0. The molecule has 0 saturated carbocycles. The molecule has 0 radical (unpaired) electrons. The van der Waals surface area contributed by atoms with Crippen LogP contribution in [0.2, 0.25) is 0 Å². The number of unbranched alkanes of at least 4 members (excludes halogenated alkanes) is 13. The molecule has 4 unspecified atom stereocenters. The van der Waals surface area contributed by atoms with E-state index in [0.717, 1.165) is 18.4 Å². The van der Waals surface area contributed by atoms with Crippen LogP contribution in [-0.2, 0) is 28.4 Å². The van der Waals surface area contributed by atoms with Gasteiger partial charge in [0.25, 0.3) is 7.82 Å². The fourth-order valence-electron chi connectivity index (χ4n) is 6.07. The lowest BCUT2D eigenvalue weighted by Crippen LogP contribution is -2.54. The quantitative estimate of drug-likeness (QED) is 0.0443. The Kier molecular flexibility index (Phi) is 18.0. The number of phosphoric acid groups is 1. The Morgan fingerprint density at radius 2 is 1.50 bits per heavy atom. The van der Waals surface area contributed by atoms with Crippen molar-refractivity contribution in [3.8, 4) is 0 Å². The second kappa shape index (κ2) is 20.2. The second-order valence-electron chi connectivity index (χ2n) is 12.8. The minimum Gasteiger partial charge on any atom is -0.756 e. The Bertz CT molecular complexity index is 1050. The maximum Gasteiger partial charge on any atom is 0.319 e. The number of benzene rings is 1. The third-order valence-corrected chi connectivity index (χ3v) is 12.0. The summed E-state index contributed by atoms with van der Waals surface area (Å²) < 4.78 is 29.8. The SMILES string of the molecule is CCCCCCCCCCCCCCCCOC(C)CCC(OP(=O)([O-])O)=S1CC[N+](C)(C)C1(OC(C)=O)c1ccccc1. The average molecular weight is 658 g/mol. The molecule has 4 atom stereocenters. The lowest BCUT2D eigenvalue weighted by atomic mass is 10.0. The molecule has 254 valence electrons. The van der Waals surface area contributed by atoms with Crippen LogP contribution in [0.1, 0.15) is 129 Å². The number of quaternary nitrogens is 1. The summed E-state index contributed by atoms with van der Waals surface area (Å²) in [4.78, 5) is 34.2. The molecule has 0 spiro atoms. The fourth-order valence-corrected chi connectivity index (χ4v) is 10.2. The lowest BCUT2D eigenvalue weighted by molar-refractivity contribution is -0.947. The molecule has 1 fully saturated rings. The van der Waals surface area contributed by atoms with E-state index in [1.165, 1.54) is 84.0 Å². The summed E-state index contributed by atoms with van der Waals surface area (Å²) >= 11 is 0. The number of rotatable bonds is 22. The van der Waals surface area contributed by atoms with Crippen LogP contribution in [0.15, 0.2) is 30.3 Å². The Balaban J connectivity index is 1.87. The van der Waals surface area contributed by atoms with E-state index in [4.69, 9.17) is 14.0 Å². The average Bonchev–Trinajstić information content (AvgIpc) is 3.22. The Morgan fingerprint density at radius 3 is 2.00 bits per heavy atom. The first-order chi connectivity index (χ1) is 20.9. The maximum atomic E-state index is 12.4. The van der Waals surface area contributed by atoms with E-state index in [0.29, 0.717) is 29.8 Å². The van der Waals surface area contributed by atoms with Gasteiger partial charge in [0, 0.05) is 25.7 Å². The monoisotopic (exact) mass is 657 g/mol. The first kappa shape index (κ1) is 39.1. The van der Waals surface area contributed by atoms with Gasteiger partial charge in [-0.1, -0.05) is 109 Å². The number of ether oxygens (including phenoxy) is 2. The molecule has 44 heavy (non-hydrogen) atoms. The molecule has 1 aliphatic heterocycles. The summed E-state index contributed by atoms with van der Waals surface area (Å²) in [5.41, 5.74) is 0.767. The van der Waals surface area contributed by atoms with Crippen molar-refractivity contribution in [2.24, 2.45) is 0 Å². The van der Waals surface area contributed by atoms with Crippen LogP contribution in [0.5, 0.6) is 0 Å². The van der Waals surface area contributed by atoms with Crippen LogP contribution >= 0.6 is 18.3 Å². The fraction of sp³-hybridized carbons (Fsp3) is 0.765. The summed E-state index contributed by atoms with van der Waals surface area (Å²) in [6.07, 6.45) is 19.0. The highest BCUT2D eigenvalue weighted by molar-refractivity contribution is 8.16. The summed E-state index contributed by atoms with van der Waals surface area (Å²) in [5, 5.41) is -0.942. The number of nitrogens with zero attached hydrogens (tertiary/aromatic N) is 1. The maximum absolute atomic E-state index is 12.4. The first-order valence-electron chi connectivity index (χ1n) is 16.9. The van der Waals surface area contributed by atoms with Gasteiger partial charge in [0.1, 0.15) is 0 Å². The molecule has 0 aromatic heterocycles. The van der Waals surface area contributed by atoms with Crippen LogP contribution in [0.4, 0.5) is 0 Å². The third-order valence-electron chi connectivity index (χ3n) is 8.55. The van der Waals surface area contributed by atoms with Crippen LogP contribution in [0.25, 0.3) is 0 Å². The number of esters is 1. The number of carbonyl (C=O) groups is 1. The van der Waals surface area contributed by atoms with Crippen molar-refractivity contribution in [1.29, 1.82) is 0 Å². The topological polar surface area (TPSA) is 105 Å². The summed E-state index contributed by atoms with van der Waals surface area (Å²) in [6, 6.07) is 9.42. The first-order valence-corrected chi connectivity index (χ1v) is 19.8. The Labute approximate surface area is 270 Å². The molecule has 0 aliphatic carbocycles. The standard InChI is InChI=1S/C34H60NO7PS/c1-6-7-8-9-10-11-12-13-14-15-16-17-18-22-28-40-30(2)25-26-33(42-43(37,38)39)44-29-27-35(4,5)34(44,41-31(3)36)32-23-20-19-21-24-32/h19-21,23-24,30H,6-18,22,25-29H2,1-5H3,(H-,37,38,39). The van der Waals surface area contributed by atoms with Crippen molar-refractivity contribution in [3.63, 3.8) is 0 Å². The highest BCUT2D eigenvalue weighted by Gasteiger charge is 2.59. The van der Waals surface area contributed by atoms with Gasteiger partial charge in [0.15, 0.2) is 0 Å². The molecule has 2 rings (SSSR count). The van der Waals surface area contributed by atoms with Crippen molar-refractivity contribution in [3.05, 3.63) is 35.9 Å². The van der Waals surface area contributed by atoms with Crippen LogP contribution < -0.4 is 4.89 Å². The van der Waals surface area contributed by atoms with E-state index in [9.17, 15) is 19.1 Å². The molecule has 10 heteroatoms. The van der Waals surface area contributed by atoms with E-state index in [-0.39, 0.29) is 17.6 Å². The molecular formula is C34H60NO7PS. The van der Waals surface area contributed by atoms with E-state index in [2.05, 4.69) is 6.92 Å². The van der Waals surface area contributed by atoms with Crippen molar-refractivity contribution < 1.29 is 37.6 Å². The van der Waals surface area contributed by atoms with Gasteiger partial charge in [-0.25, -0.2) is 0 Å². The van der Waals surface area contributed by atoms with Gasteiger partial charge in [-0.15, -0.1) is 0 Å². The zero-order valence-electron chi connectivity index (χ0n) is 28.1. The van der Waals surface area contributed by atoms with E-state index >= 15 is 0 Å². The number of phosphoric ester groups is 1. The minimum absolute atomic E-state index is 0.117. The van der Waals surface area contributed by atoms with E-state index in [1.54, 1.807) is 0 Å². The smallest absolute Gasteiger partial charge is 0.319 e. The highest BCUT2D eigenvalue weighted by atomic mass is 32.2. The summed E-state index contributed by atoms with van der Waals surface area (Å²) in [7, 11) is -2.09. The Hall–Kier alpha value is -1.06. The van der Waals surface area contributed by atoms with Crippen molar-refractivity contribution >= 4 is 29.3 Å². The summed E-state index contributed by atoms with van der Waals surface area (Å²) in [6.45, 7) is 6.90. The van der Waals surface area contributed by atoms with Gasteiger partial charge in [-0.3, -0.25) is 18.4 Å². The molecule has 1 aromatic rings. The van der Waals surface area contributed by atoms with E-state index < -0.39 is 29.3 Å². The van der Waals surface area contributed by atoms with Gasteiger partial charge < -0.3 is 19.3 Å². The zero-order chi connectivity index (χ0) is 32.5. The van der Waals surface area contributed by atoms with Crippen LogP contribution in [0, 0.1) is 0 Å². The predicted molar refractivity (Wildman–Crippen MR) is 180 cm³/mol. The molecule has 8 nitrogen and oxygen atoms in total. The molecule has 0 bridgehead atoms. The molecule has 1 N–H and O–H groups in total. The van der Waals surface area contributed by atoms with Crippen molar-refractivity contribution in [1.82, 2.24) is 0 Å². The number of hydrogen-bond donors (Lipinski definition) is 1. The molecule has 1 heterocycles. The minimum atomic E-state index is -5.08. The molecule has 1 saturated heterocycles. The van der Waals surface area contributed by atoms with Gasteiger partial charge in [-0.05, 0) is 42.4 Å². The Morgan fingerprint density at radius 1 is 0.977 bits per heavy atom. The number of carbonyl (C=O) groups excluding carboxylic acids is 1. The van der Waals surface area contributed by atoms with Crippen molar-refractivity contribution in [2.75, 3.05) is 33.0 Å². The third kappa shape index (κ3) is 13.4. The molecule has 1 aromatic carbocycles. The number of hydrogen-bond acceptors (Lipinski definition) is 6. The van der Waals surface area contributed by atoms with Crippen LogP contribution in [-0.4, -0.2) is 59.5 Å². The largest absolute Gasteiger partial charge is 0.756 e. The molecular weight excluding hydrogens is 597 g/mol. The van der Waals surface area contributed by atoms with Gasteiger partial charge in [0.05, 0.1) is 37.4 Å². The molecule has 1 aliphatic rings.